The number of benzene rings is 1. The lowest BCUT2D eigenvalue weighted by molar-refractivity contribution is -0.133. The van der Waals surface area contributed by atoms with Gasteiger partial charge in [-0.3, -0.25) is 9.69 Å². The van der Waals surface area contributed by atoms with Gasteiger partial charge in [0.25, 0.3) is 0 Å². The van der Waals surface area contributed by atoms with Gasteiger partial charge in [0.05, 0.1) is 5.69 Å². The molecule has 0 saturated carbocycles. The molecule has 5 nitrogen and oxygen atoms in total. The van der Waals surface area contributed by atoms with Crippen LogP contribution in [-0.2, 0) is 17.8 Å². The third-order valence-electron chi connectivity index (χ3n) is 4.79. The van der Waals surface area contributed by atoms with Crippen molar-refractivity contribution in [2.45, 2.75) is 33.2 Å². The Morgan fingerprint density at radius 2 is 2.00 bits per heavy atom. The van der Waals surface area contributed by atoms with Gasteiger partial charge in [-0.2, -0.15) is 0 Å². The van der Waals surface area contributed by atoms with Crippen molar-refractivity contribution in [2.75, 3.05) is 26.2 Å². The van der Waals surface area contributed by atoms with Gasteiger partial charge >= 0.3 is 0 Å². The highest BCUT2D eigenvalue weighted by Gasteiger charge is 2.21. The predicted octanol–water partition coefficient (Wildman–Crippen LogP) is 3.22. The number of rotatable bonds is 5. The number of nitrogens with zero attached hydrogens (tertiary/aromatic N) is 3. The van der Waals surface area contributed by atoms with Crippen molar-refractivity contribution in [3.63, 3.8) is 0 Å². The summed E-state index contributed by atoms with van der Waals surface area (Å²) in [6.45, 7) is 8.04. The summed E-state index contributed by atoms with van der Waals surface area (Å²) in [4.78, 5) is 16.8. The zero-order chi connectivity index (χ0) is 17.8. The minimum atomic E-state index is 0.211. The molecule has 1 aliphatic rings. The van der Waals surface area contributed by atoms with Crippen molar-refractivity contribution >= 4 is 17.5 Å². The molecule has 25 heavy (non-hydrogen) atoms. The molecule has 0 unspecified atom stereocenters. The van der Waals surface area contributed by atoms with E-state index in [0.29, 0.717) is 12.8 Å². The van der Waals surface area contributed by atoms with Crippen LogP contribution in [0.25, 0.3) is 0 Å². The molecular weight excluding hydrogens is 338 g/mol. The van der Waals surface area contributed by atoms with Gasteiger partial charge < -0.3 is 9.42 Å². The summed E-state index contributed by atoms with van der Waals surface area (Å²) in [5, 5.41) is 4.72. The number of aryl methyl sites for hydroxylation is 2. The first-order valence-corrected chi connectivity index (χ1v) is 9.07. The lowest BCUT2D eigenvalue weighted by atomic mass is 10.1. The van der Waals surface area contributed by atoms with Crippen molar-refractivity contribution in [3.05, 3.63) is 51.9 Å². The van der Waals surface area contributed by atoms with E-state index in [2.05, 4.69) is 16.1 Å². The quantitative estimate of drug-likeness (QED) is 0.820. The summed E-state index contributed by atoms with van der Waals surface area (Å²) in [7, 11) is 0. The second-order valence-corrected chi connectivity index (χ2v) is 7.03. The van der Waals surface area contributed by atoms with Crippen LogP contribution in [0.5, 0.6) is 0 Å². The van der Waals surface area contributed by atoms with E-state index in [-0.39, 0.29) is 5.91 Å². The fourth-order valence-corrected chi connectivity index (χ4v) is 3.51. The average Bonchev–Trinajstić information content (AvgIpc) is 2.92. The Balaban J connectivity index is 1.46. The van der Waals surface area contributed by atoms with Gasteiger partial charge in [-0.05, 0) is 38.0 Å². The first-order chi connectivity index (χ1) is 12.0. The van der Waals surface area contributed by atoms with Gasteiger partial charge in [0, 0.05) is 49.7 Å². The zero-order valence-corrected chi connectivity index (χ0v) is 15.6. The summed E-state index contributed by atoms with van der Waals surface area (Å²) in [5.74, 6) is 1.03. The second-order valence-electron chi connectivity index (χ2n) is 6.59. The standard InChI is InChI=1S/C19H24ClN3O2/c1-14-18(15(2)25-21-14)6-7-19(24)23-10-8-22(9-11-23)13-16-4-3-5-17(20)12-16/h3-5,12H,6-11,13H2,1-2H3. The summed E-state index contributed by atoms with van der Waals surface area (Å²) in [6, 6.07) is 7.96. The highest BCUT2D eigenvalue weighted by Crippen LogP contribution is 2.17. The van der Waals surface area contributed by atoms with Gasteiger partial charge in [-0.25, -0.2) is 0 Å². The number of halogens is 1. The van der Waals surface area contributed by atoms with Crippen LogP contribution in [0.4, 0.5) is 0 Å². The van der Waals surface area contributed by atoms with Crippen LogP contribution in [0.3, 0.4) is 0 Å². The topological polar surface area (TPSA) is 49.6 Å². The van der Waals surface area contributed by atoms with Gasteiger partial charge in [-0.1, -0.05) is 28.9 Å². The summed E-state index contributed by atoms with van der Waals surface area (Å²) < 4.78 is 5.16. The van der Waals surface area contributed by atoms with E-state index >= 15 is 0 Å². The number of hydrogen-bond donors (Lipinski definition) is 0. The Morgan fingerprint density at radius 1 is 1.24 bits per heavy atom. The monoisotopic (exact) mass is 361 g/mol. The molecule has 0 aliphatic carbocycles. The molecule has 0 spiro atoms. The zero-order valence-electron chi connectivity index (χ0n) is 14.8. The molecule has 0 atom stereocenters. The van der Waals surface area contributed by atoms with E-state index in [1.54, 1.807) is 0 Å². The van der Waals surface area contributed by atoms with Crippen LogP contribution in [-0.4, -0.2) is 47.0 Å². The van der Waals surface area contributed by atoms with Crippen LogP contribution < -0.4 is 0 Å². The maximum Gasteiger partial charge on any atom is 0.222 e. The van der Waals surface area contributed by atoms with Crippen molar-refractivity contribution in [3.8, 4) is 0 Å². The van der Waals surface area contributed by atoms with Crippen LogP contribution in [0, 0.1) is 13.8 Å². The number of hydrogen-bond acceptors (Lipinski definition) is 4. The van der Waals surface area contributed by atoms with Crippen molar-refractivity contribution in [1.82, 2.24) is 15.0 Å². The van der Waals surface area contributed by atoms with Crippen molar-refractivity contribution in [2.24, 2.45) is 0 Å². The summed E-state index contributed by atoms with van der Waals surface area (Å²) in [5.41, 5.74) is 3.16. The van der Waals surface area contributed by atoms with Crippen molar-refractivity contribution in [1.29, 1.82) is 0 Å². The van der Waals surface area contributed by atoms with Crippen LogP contribution >= 0.6 is 11.6 Å². The van der Waals surface area contributed by atoms with Crippen LogP contribution in [0.2, 0.25) is 5.02 Å². The molecule has 6 heteroatoms. The first kappa shape index (κ1) is 18.0. The van der Waals surface area contributed by atoms with E-state index in [1.807, 2.05) is 36.9 Å². The Morgan fingerprint density at radius 3 is 2.64 bits per heavy atom. The molecule has 1 aromatic heterocycles. The molecular formula is C19H24ClN3O2. The smallest absolute Gasteiger partial charge is 0.222 e. The molecule has 0 bridgehead atoms. The highest BCUT2D eigenvalue weighted by molar-refractivity contribution is 6.30. The van der Waals surface area contributed by atoms with Gasteiger partial charge in [0.2, 0.25) is 5.91 Å². The summed E-state index contributed by atoms with van der Waals surface area (Å²) in [6.07, 6.45) is 1.21. The molecule has 1 amide bonds. The average molecular weight is 362 g/mol. The molecule has 3 rings (SSSR count). The number of amides is 1. The Kier molecular flexibility index (Phi) is 5.76. The Labute approximate surface area is 153 Å². The Bertz CT molecular complexity index is 717. The molecule has 1 aliphatic heterocycles. The minimum absolute atomic E-state index is 0.211. The number of carbonyl (C=O) groups excluding carboxylic acids is 1. The Hall–Kier alpha value is -1.85. The third-order valence-corrected chi connectivity index (χ3v) is 5.03. The van der Waals surface area contributed by atoms with E-state index in [4.69, 9.17) is 16.1 Å². The third kappa shape index (κ3) is 4.61. The normalized spacial score (nSPS) is 15.6. The van der Waals surface area contributed by atoms with Crippen LogP contribution in [0.1, 0.15) is 29.0 Å². The van der Waals surface area contributed by atoms with E-state index in [9.17, 15) is 4.79 Å². The fourth-order valence-electron chi connectivity index (χ4n) is 3.30. The fraction of sp³-hybridized carbons (Fsp3) is 0.474. The highest BCUT2D eigenvalue weighted by atomic mass is 35.5. The lowest BCUT2D eigenvalue weighted by Gasteiger charge is -2.34. The SMILES string of the molecule is Cc1noc(C)c1CCC(=O)N1CCN(Cc2cccc(Cl)c2)CC1. The molecule has 0 radical (unpaired) electrons. The van der Waals surface area contributed by atoms with Crippen molar-refractivity contribution < 1.29 is 9.32 Å². The van der Waals surface area contributed by atoms with E-state index < -0.39 is 0 Å². The number of carbonyl (C=O) groups is 1. The van der Waals surface area contributed by atoms with E-state index in [1.165, 1.54) is 5.56 Å². The van der Waals surface area contributed by atoms with E-state index in [0.717, 1.165) is 54.8 Å². The summed E-state index contributed by atoms with van der Waals surface area (Å²) >= 11 is 6.04. The second kappa shape index (κ2) is 8.02. The number of piperazine rings is 1. The van der Waals surface area contributed by atoms with Gasteiger partial charge in [-0.15, -0.1) is 0 Å². The first-order valence-electron chi connectivity index (χ1n) is 8.69. The molecule has 134 valence electrons. The van der Waals surface area contributed by atoms with Gasteiger partial charge in [0.15, 0.2) is 0 Å². The maximum atomic E-state index is 12.5. The van der Waals surface area contributed by atoms with Crippen LogP contribution in [0.15, 0.2) is 28.8 Å². The molecule has 1 aromatic carbocycles. The maximum absolute atomic E-state index is 12.5. The molecule has 0 N–H and O–H groups in total. The minimum Gasteiger partial charge on any atom is -0.361 e. The molecule has 2 heterocycles. The molecule has 1 saturated heterocycles. The van der Waals surface area contributed by atoms with Gasteiger partial charge in [0.1, 0.15) is 5.76 Å². The largest absolute Gasteiger partial charge is 0.361 e. The molecule has 2 aromatic rings. The molecule has 1 fully saturated rings. The lowest BCUT2D eigenvalue weighted by Crippen LogP contribution is -2.48. The predicted molar refractivity (Wildman–Crippen MR) is 97.6 cm³/mol. The number of aromatic nitrogens is 1.